The third-order valence-corrected chi connectivity index (χ3v) is 8.76. The van der Waals surface area contributed by atoms with Gasteiger partial charge >= 0.3 is 5.97 Å². The fourth-order valence-corrected chi connectivity index (χ4v) is 6.94. The quantitative estimate of drug-likeness (QED) is 0.288. The molecule has 36 heavy (non-hydrogen) atoms. The Morgan fingerprint density at radius 2 is 1.56 bits per heavy atom. The number of carbonyl (C=O) groups is 4. The standard InChI is InChI=1S/C29H26N2O5/c1-15-5-7-17(8-6-15)30-14-16(11-24(30)32)29(35)36-19-4-2-3-18(12-19)31-27(33)25-20-9-10-21(23-13-22(20)23)26(25)28(31)34/h2-10,12,16,20-23,25-26H,11,13-14H2,1H3/t16-,20+,21+,22+,23+,25-,26-/m1/s1. The van der Waals surface area contributed by atoms with Crippen LogP contribution in [0, 0.1) is 48.3 Å². The van der Waals surface area contributed by atoms with Crippen LogP contribution in [0.5, 0.6) is 5.75 Å². The monoisotopic (exact) mass is 482 g/mol. The molecule has 7 heteroatoms. The van der Waals surface area contributed by atoms with Crippen LogP contribution in [0.2, 0.25) is 0 Å². The van der Waals surface area contributed by atoms with E-state index in [1.165, 1.54) is 4.90 Å². The number of benzene rings is 2. The predicted octanol–water partition coefficient (Wildman–Crippen LogP) is 3.51. The van der Waals surface area contributed by atoms with E-state index in [1.54, 1.807) is 29.2 Å². The molecular weight excluding hydrogens is 456 g/mol. The van der Waals surface area contributed by atoms with Crippen molar-refractivity contribution in [1.29, 1.82) is 0 Å². The van der Waals surface area contributed by atoms with Gasteiger partial charge in [-0.3, -0.25) is 19.2 Å². The molecule has 0 radical (unpaired) electrons. The minimum absolute atomic E-state index is 0.0803. The van der Waals surface area contributed by atoms with Gasteiger partial charge in [0.15, 0.2) is 0 Å². The van der Waals surface area contributed by atoms with Gasteiger partial charge in [-0.25, -0.2) is 4.90 Å². The molecule has 6 aliphatic rings. The van der Waals surface area contributed by atoms with Crippen molar-refractivity contribution in [1.82, 2.24) is 0 Å². The summed E-state index contributed by atoms with van der Waals surface area (Å²) in [5.41, 5.74) is 2.29. The number of hydrogen-bond acceptors (Lipinski definition) is 5. The van der Waals surface area contributed by atoms with E-state index < -0.39 is 11.9 Å². The third-order valence-electron chi connectivity index (χ3n) is 8.76. The first-order valence-electron chi connectivity index (χ1n) is 12.7. The van der Waals surface area contributed by atoms with Gasteiger partial charge in [0.1, 0.15) is 5.75 Å². The van der Waals surface area contributed by atoms with Crippen LogP contribution in [0.25, 0.3) is 0 Å². The maximum atomic E-state index is 13.4. The van der Waals surface area contributed by atoms with Gasteiger partial charge in [-0.1, -0.05) is 35.9 Å². The van der Waals surface area contributed by atoms with Crippen LogP contribution in [0.1, 0.15) is 18.4 Å². The first-order valence-corrected chi connectivity index (χ1v) is 12.7. The topological polar surface area (TPSA) is 84.0 Å². The number of esters is 1. The number of allylic oxidation sites excluding steroid dienone is 2. The normalized spacial score (nSPS) is 33.7. The van der Waals surface area contributed by atoms with Crippen molar-refractivity contribution < 1.29 is 23.9 Å². The van der Waals surface area contributed by atoms with Gasteiger partial charge in [0, 0.05) is 24.7 Å². The highest BCUT2D eigenvalue weighted by molar-refractivity contribution is 6.22. The summed E-state index contributed by atoms with van der Waals surface area (Å²) in [6.45, 7) is 2.23. The van der Waals surface area contributed by atoms with Gasteiger partial charge in [0.2, 0.25) is 17.7 Å². The van der Waals surface area contributed by atoms with Crippen molar-refractivity contribution >= 4 is 35.1 Å². The maximum Gasteiger partial charge on any atom is 0.316 e. The van der Waals surface area contributed by atoms with Crippen molar-refractivity contribution in [3.8, 4) is 5.75 Å². The van der Waals surface area contributed by atoms with E-state index in [0.717, 1.165) is 17.7 Å². The van der Waals surface area contributed by atoms with Gasteiger partial charge in [-0.05, 0) is 61.3 Å². The molecule has 2 saturated heterocycles. The minimum atomic E-state index is -0.589. The number of anilines is 2. The van der Waals surface area contributed by atoms with Crippen molar-refractivity contribution in [2.24, 2.45) is 41.4 Å². The van der Waals surface area contributed by atoms with Crippen LogP contribution in [-0.4, -0.2) is 30.2 Å². The summed E-state index contributed by atoms with van der Waals surface area (Å²) in [7, 11) is 0. The van der Waals surface area contributed by atoms with E-state index in [9.17, 15) is 19.2 Å². The lowest BCUT2D eigenvalue weighted by Gasteiger charge is -2.37. The third kappa shape index (κ3) is 3.11. The molecule has 182 valence electrons. The van der Waals surface area contributed by atoms with E-state index >= 15 is 0 Å². The molecule has 7 nitrogen and oxygen atoms in total. The van der Waals surface area contributed by atoms with E-state index in [1.807, 2.05) is 31.2 Å². The molecule has 2 saturated carbocycles. The Morgan fingerprint density at radius 3 is 2.22 bits per heavy atom. The second kappa shape index (κ2) is 7.63. The smallest absolute Gasteiger partial charge is 0.316 e. The lowest BCUT2D eigenvalue weighted by molar-refractivity contribution is -0.139. The average molecular weight is 483 g/mol. The van der Waals surface area contributed by atoms with Gasteiger partial charge in [-0.2, -0.15) is 0 Å². The van der Waals surface area contributed by atoms with Crippen LogP contribution >= 0.6 is 0 Å². The SMILES string of the molecule is Cc1ccc(N2C[C@H](C(=O)Oc3cccc(N4C(=O)[C@@H]5[C@H]6C=C[C@@H]([C@@H]7C[C@@H]67)[C@H]5C4=O)c3)CC2=O)cc1. The lowest BCUT2D eigenvalue weighted by Crippen LogP contribution is -2.40. The number of rotatable bonds is 4. The van der Waals surface area contributed by atoms with Crippen molar-refractivity contribution in [3.63, 3.8) is 0 Å². The number of nitrogens with zero attached hydrogens (tertiary/aromatic N) is 2. The van der Waals surface area contributed by atoms with Crippen LogP contribution in [0.3, 0.4) is 0 Å². The zero-order valence-corrected chi connectivity index (χ0v) is 19.9. The van der Waals surface area contributed by atoms with Crippen molar-refractivity contribution in [3.05, 3.63) is 66.2 Å². The Labute approximate surface area is 208 Å². The molecule has 7 atom stereocenters. The van der Waals surface area contributed by atoms with Crippen LogP contribution in [0.15, 0.2) is 60.7 Å². The van der Waals surface area contributed by atoms with E-state index in [-0.39, 0.29) is 60.1 Å². The van der Waals surface area contributed by atoms with Gasteiger partial charge in [0.05, 0.1) is 23.4 Å². The van der Waals surface area contributed by atoms with Crippen LogP contribution in [-0.2, 0) is 19.2 Å². The second-order valence-corrected chi connectivity index (χ2v) is 10.8. The van der Waals surface area contributed by atoms with Crippen LogP contribution in [0.4, 0.5) is 11.4 Å². The molecule has 0 aromatic heterocycles. The number of imide groups is 1. The minimum Gasteiger partial charge on any atom is -0.426 e. The second-order valence-electron chi connectivity index (χ2n) is 10.8. The van der Waals surface area contributed by atoms with E-state index in [2.05, 4.69) is 12.2 Å². The van der Waals surface area contributed by atoms with Gasteiger partial charge < -0.3 is 9.64 Å². The number of hydrogen-bond donors (Lipinski definition) is 0. The summed E-state index contributed by atoms with van der Waals surface area (Å²) in [6, 6.07) is 14.2. The Kier molecular flexibility index (Phi) is 4.56. The van der Waals surface area contributed by atoms with Gasteiger partial charge in [0.25, 0.3) is 0 Å². The summed E-state index contributed by atoms with van der Waals surface area (Å²) in [5.74, 6) is -0.393. The lowest BCUT2D eigenvalue weighted by atomic mass is 9.63. The van der Waals surface area contributed by atoms with Gasteiger partial charge in [-0.15, -0.1) is 0 Å². The number of aryl methyl sites for hydroxylation is 1. The zero-order chi connectivity index (χ0) is 24.7. The summed E-state index contributed by atoms with van der Waals surface area (Å²) in [5, 5.41) is 0. The van der Waals surface area contributed by atoms with E-state index in [4.69, 9.17) is 4.74 Å². The molecule has 2 heterocycles. The first-order chi connectivity index (χ1) is 17.4. The maximum absolute atomic E-state index is 13.4. The summed E-state index contributed by atoms with van der Waals surface area (Å²) >= 11 is 0. The summed E-state index contributed by atoms with van der Waals surface area (Å²) in [6.07, 6.45) is 5.49. The number of carbonyl (C=O) groups excluding carboxylic acids is 4. The number of amides is 3. The first kappa shape index (κ1) is 21.5. The molecule has 0 N–H and O–H groups in total. The Balaban J connectivity index is 1.07. The molecule has 2 aromatic carbocycles. The zero-order valence-electron chi connectivity index (χ0n) is 19.9. The molecular formula is C29H26N2O5. The highest BCUT2D eigenvalue weighted by Crippen LogP contribution is 2.65. The summed E-state index contributed by atoms with van der Waals surface area (Å²) < 4.78 is 5.64. The average Bonchev–Trinajstić information content (AvgIpc) is 3.55. The molecule has 2 aliphatic heterocycles. The molecule has 0 spiro atoms. The predicted molar refractivity (Wildman–Crippen MR) is 131 cm³/mol. The van der Waals surface area contributed by atoms with E-state index in [0.29, 0.717) is 17.5 Å². The highest BCUT2D eigenvalue weighted by atomic mass is 16.5. The fraction of sp³-hybridized carbons (Fsp3) is 0.379. The summed E-state index contributed by atoms with van der Waals surface area (Å²) in [4.78, 5) is 55.2. The number of ether oxygens (including phenoxy) is 1. The molecule has 0 unspecified atom stereocenters. The molecule has 4 fully saturated rings. The molecule has 4 aliphatic carbocycles. The molecule has 2 bridgehead atoms. The van der Waals surface area contributed by atoms with Crippen LogP contribution < -0.4 is 14.5 Å². The van der Waals surface area contributed by atoms with Crippen molar-refractivity contribution in [2.45, 2.75) is 19.8 Å². The molecule has 2 aromatic rings. The Morgan fingerprint density at radius 1 is 0.889 bits per heavy atom. The highest BCUT2D eigenvalue weighted by Gasteiger charge is 2.67. The Hall–Kier alpha value is -3.74. The largest absolute Gasteiger partial charge is 0.426 e. The van der Waals surface area contributed by atoms with Crippen molar-refractivity contribution in [2.75, 3.05) is 16.3 Å². The fourth-order valence-electron chi connectivity index (χ4n) is 6.94. The Bertz CT molecular complexity index is 1310. The molecule has 3 amide bonds. The molecule has 8 rings (SSSR count).